The van der Waals surface area contributed by atoms with E-state index in [2.05, 4.69) is 65.3 Å². The van der Waals surface area contributed by atoms with Gasteiger partial charge in [0.05, 0.1) is 7.11 Å². The summed E-state index contributed by atoms with van der Waals surface area (Å²) in [7, 11) is 3.42. The van der Waals surface area contributed by atoms with Crippen LogP contribution >= 0.6 is 0 Å². The molecule has 0 radical (unpaired) electrons. The fraction of sp³-hybridized carbons (Fsp3) is 0.409. The molecule has 0 saturated heterocycles. The molecule has 4 heteroatoms. The zero-order valence-electron chi connectivity index (χ0n) is 16.3. The predicted octanol–water partition coefficient (Wildman–Crippen LogP) is 3.57. The summed E-state index contributed by atoms with van der Waals surface area (Å²) < 4.78 is 4.89. The van der Waals surface area contributed by atoms with Crippen molar-refractivity contribution in [2.24, 2.45) is 0 Å². The molecule has 2 rings (SSSR count). The molecule has 0 saturated carbocycles. The van der Waals surface area contributed by atoms with Gasteiger partial charge in [0, 0.05) is 25.7 Å². The zero-order chi connectivity index (χ0) is 18.9. The number of nitrogens with zero attached hydrogens (tertiary/aromatic N) is 2. The lowest BCUT2D eigenvalue weighted by Crippen LogP contribution is -2.47. The first-order chi connectivity index (χ1) is 12.5. The highest BCUT2D eigenvalue weighted by atomic mass is 16.5. The summed E-state index contributed by atoms with van der Waals surface area (Å²) in [5.74, 6) is -0.197. The molecule has 0 aliphatic rings. The number of esters is 1. The van der Waals surface area contributed by atoms with E-state index in [0.29, 0.717) is 0 Å². The van der Waals surface area contributed by atoms with Crippen molar-refractivity contribution in [3.8, 4) is 0 Å². The summed E-state index contributed by atoms with van der Waals surface area (Å²) in [6.07, 6.45) is 0. The molecule has 0 bridgehead atoms. The van der Waals surface area contributed by atoms with E-state index in [4.69, 9.17) is 4.74 Å². The van der Waals surface area contributed by atoms with Crippen LogP contribution in [0, 0.1) is 0 Å². The van der Waals surface area contributed by atoms with Gasteiger partial charge in [-0.1, -0.05) is 60.7 Å². The van der Waals surface area contributed by atoms with E-state index in [9.17, 15) is 4.79 Å². The van der Waals surface area contributed by atoms with Crippen LogP contribution in [0.15, 0.2) is 60.7 Å². The van der Waals surface area contributed by atoms with Gasteiger partial charge in [0.25, 0.3) is 0 Å². The normalized spacial score (nSPS) is 13.6. The average Bonchev–Trinajstić information content (AvgIpc) is 2.67. The molecule has 0 heterocycles. The summed E-state index contributed by atoms with van der Waals surface area (Å²) in [5.41, 5.74) is 2.58. The van der Waals surface area contributed by atoms with E-state index >= 15 is 0 Å². The Kier molecular flexibility index (Phi) is 7.82. The van der Waals surface area contributed by atoms with Gasteiger partial charge in [-0.05, 0) is 32.0 Å². The second kappa shape index (κ2) is 10.1. The highest BCUT2D eigenvalue weighted by Gasteiger charge is 2.24. The SMILES string of the molecule is COC(=O)[C@H](C)N(C)[C@@H](C)CN(Cc1ccccc1)Cc1ccccc1. The lowest BCUT2D eigenvalue weighted by molar-refractivity contribution is -0.146. The fourth-order valence-electron chi connectivity index (χ4n) is 3.09. The summed E-state index contributed by atoms with van der Waals surface area (Å²) in [6.45, 7) is 6.66. The van der Waals surface area contributed by atoms with Gasteiger partial charge < -0.3 is 4.74 Å². The van der Waals surface area contributed by atoms with E-state index in [1.807, 2.05) is 26.1 Å². The van der Waals surface area contributed by atoms with E-state index < -0.39 is 0 Å². The summed E-state index contributed by atoms with van der Waals surface area (Å²) in [5, 5.41) is 0. The first-order valence-electron chi connectivity index (χ1n) is 9.11. The number of benzene rings is 2. The van der Waals surface area contributed by atoms with Crippen LogP contribution in [-0.2, 0) is 22.6 Å². The monoisotopic (exact) mass is 354 g/mol. The largest absolute Gasteiger partial charge is 0.468 e. The van der Waals surface area contributed by atoms with Gasteiger partial charge in [0.1, 0.15) is 6.04 Å². The second-order valence-corrected chi connectivity index (χ2v) is 6.85. The number of rotatable bonds is 9. The molecule has 0 aliphatic carbocycles. The first-order valence-corrected chi connectivity index (χ1v) is 9.11. The lowest BCUT2D eigenvalue weighted by atomic mass is 10.1. The molecular weight excluding hydrogens is 324 g/mol. The van der Waals surface area contributed by atoms with Gasteiger partial charge in [-0.25, -0.2) is 0 Å². The minimum Gasteiger partial charge on any atom is -0.468 e. The van der Waals surface area contributed by atoms with Crippen LogP contribution in [0.2, 0.25) is 0 Å². The number of carbonyl (C=O) groups is 1. The maximum Gasteiger partial charge on any atom is 0.322 e. The lowest BCUT2D eigenvalue weighted by Gasteiger charge is -2.33. The number of carbonyl (C=O) groups excluding carboxylic acids is 1. The third kappa shape index (κ3) is 5.97. The number of ether oxygens (including phenoxy) is 1. The topological polar surface area (TPSA) is 32.8 Å². The molecule has 0 amide bonds. The Labute approximate surface area is 157 Å². The average molecular weight is 354 g/mol. The van der Waals surface area contributed by atoms with Gasteiger partial charge in [-0.2, -0.15) is 0 Å². The van der Waals surface area contributed by atoms with Crippen molar-refractivity contribution in [2.75, 3.05) is 20.7 Å². The van der Waals surface area contributed by atoms with Crippen LogP contribution in [0.3, 0.4) is 0 Å². The first kappa shape index (κ1) is 20.1. The molecule has 0 unspecified atom stereocenters. The summed E-state index contributed by atoms with van der Waals surface area (Å²) >= 11 is 0. The Bertz CT molecular complexity index is 619. The standard InChI is InChI=1S/C22H30N2O2/c1-18(23(3)19(2)22(25)26-4)15-24(16-20-11-7-5-8-12-20)17-21-13-9-6-10-14-21/h5-14,18-19H,15-17H2,1-4H3/t18-,19-/m0/s1. The Balaban J connectivity index is 2.08. The zero-order valence-corrected chi connectivity index (χ0v) is 16.3. The number of hydrogen-bond donors (Lipinski definition) is 0. The molecule has 0 aliphatic heterocycles. The van der Waals surface area contributed by atoms with Crippen molar-refractivity contribution in [2.45, 2.75) is 39.0 Å². The maximum absolute atomic E-state index is 11.8. The van der Waals surface area contributed by atoms with Crippen molar-refractivity contribution >= 4 is 5.97 Å². The molecule has 140 valence electrons. The molecule has 26 heavy (non-hydrogen) atoms. The van der Waals surface area contributed by atoms with Gasteiger partial charge in [-0.15, -0.1) is 0 Å². The summed E-state index contributed by atoms with van der Waals surface area (Å²) in [4.78, 5) is 16.4. The Morgan fingerprint density at radius 3 is 1.81 bits per heavy atom. The van der Waals surface area contributed by atoms with Gasteiger partial charge >= 0.3 is 5.97 Å². The van der Waals surface area contributed by atoms with Crippen molar-refractivity contribution in [3.05, 3.63) is 71.8 Å². The quantitative estimate of drug-likeness (QED) is 0.645. The fourth-order valence-corrected chi connectivity index (χ4v) is 3.09. The second-order valence-electron chi connectivity index (χ2n) is 6.85. The smallest absolute Gasteiger partial charge is 0.322 e. The Morgan fingerprint density at radius 1 is 0.923 bits per heavy atom. The molecule has 2 atom stereocenters. The van der Waals surface area contributed by atoms with E-state index in [1.54, 1.807) is 0 Å². The number of methoxy groups -OCH3 is 1. The van der Waals surface area contributed by atoms with Crippen LogP contribution in [0.1, 0.15) is 25.0 Å². The van der Waals surface area contributed by atoms with Crippen molar-refractivity contribution in [1.82, 2.24) is 9.80 Å². The molecule has 0 spiro atoms. The Hall–Kier alpha value is -2.17. The molecular formula is C22H30N2O2. The van der Waals surface area contributed by atoms with E-state index in [0.717, 1.165) is 19.6 Å². The van der Waals surface area contributed by atoms with Crippen molar-refractivity contribution in [3.63, 3.8) is 0 Å². The predicted molar refractivity (Wildman–Crippen MR) is 106 cm³/mol. The molecule has 0 aromatic heterocycles. The van der Waals surface area contributed by atoms with Gasteiger partial charge in [0.2, 0.25) is 0 Å². The van der Waals surface area contributed by atoms with E-state index in [1.165, 1.54) is 18.2 Å². The highest BCUT2D eigenvalue weighted by Crippen LogP contribution is 2.13. The van der Waals surface area contributed by atoms with Crippen LogP contribution in [0.5, 0.6) is 0 Å². The third-order valence-electron chi connectivity index (χ3n) is 4.87. The highest BCUT2D eigenvalue weighted by molar-refractivity contribution is 5.75. The van der Waals surface area contributed by atoms with Crippen LogP contribution in [0.25, 0.3) is 0 Å². The third-order valence-corrected chi connectivity index (χ3v) is 4.87. The minimum absolute atomic E-state index is 0.197. The summed E-state index contributed by atoms with van der Waals surface area (Å²) in [6, 6.07) is 21.0. The van der Waals surface area contributed by atoms with Crippen LogP contribution < -0.4 is 0 Å². The van der Waals surface area contributed by atoms with Gasteiger partial charge in [-0.3, -0.25) is 14.6 Å². The van der Waals surface area contributed by atoms with Gasteiger partial charge in [0.15, 0.2) is 0 Å². The van der Waals surface area contributed by atoms with Crippen LogP contribution in [0.4, 0.5) is 0 Å². The minimum atomic E-state index is -0.259. The molecule has 4 nitrogen and oxygen atoms in total. The molecule has 2 aromatic carbocycles. The molecule has 0 fully saturated rings. The van der Waals surface area contributed by atoms with Crippen LogP contribution in [-0.4, -0.2) is 48.6 Å². The van der Waals surface area contributed by atoms with Crippen molar-refractivity contribution < 1.29 is 9.53 Å². The number of hydrogen-bond acceptors (Lipinski definition) is 4. The number of likely N-dealkylation sites (N-methyl/N-ethyl adjacent to an activating group) is 1. The molecule has 2 aromatic rings. The maximum atomic E-state index is 11.8. The van der Waals surface area contributed by atoms with Crippen molar-refractivity contribution in [1.29, 1.82) is 0 Å². The Morgan fingerprint density at radius 2 is 1.38 bits per heavy atom. The molecule has 0 N–H and O–H groups in total. The van der Waals surface area contributed by atoms with E-state index in [-0.39, 0.29) is 18.1 Å².